The van der Waals surface area contributed by atoms with Gasteiger partial charge in [-0.15, -0.1) is 16.4 Å². The average molecular weight is 390 g/mol. The number of fused-ring (bicyclic) bond motifs is 3. The number of rotatable bonds is 2. The molecule has 0 radical (unpaired) electrons. The van der Waals surface area contributed by atoms with Crippen LogP contribution in [0.15, 0.2) is 33.5 Å². The van der Waals surface area contributed by atoms with Crippen molar-refractivity contribution in [2.45, 2.75) is 32.7 Å². The van der Waals surface area contributed by atoms with Crippen LogP contribution in [-0.2, 0) is 19.4 Å². The van der Waals surface area contributed by atoms with Gasteiger partial charge in [-0.05, 0) is 48.4 Å². The highest BCUT2D eigenvalue weighted by Crippen LogP contribution is 2.35. The lowest BCUT2D eigenvalue weighted by Crippen LogP contribution is -2.25. The predicted octanol–water partition coefficient (Wildman–Crippen LogP) is 3.79. The number of aryl methyl sites for hydroxylation is 1. The molecule has 0 bridgehead atoms. The summed E-state index contributed by atoms with van der Waals surface area (Å²) in [5.41, 5.74) is 2.25. The van der Waals surface area contributed by atoms with Crippen LogP contribution in [0.25, 0.3) is 10.2 Å². The Balaban J connectivity index is 1.78. The Kier molecular flexibility index (Phi) is 3.81. The van der Waals surface area contributed by atoms with Crippen LogP contribution in [0.1, 0.15) is 29.3 Å². The number of hydrogen-bond donors (Lipinski definition) is 0. The molecule has 23 heavy (non-hydrogen) atoms. The quantitative estimate of drug-likeness (QED) is 0.669. The van der Waals surface area contributed by atoms with E-state index in [2.05, 4.69) is 33.2 Å². The van der Waals surface area contributed by atoms with E-state index < -0.39 is 0 Å². The van der Waals surface area contributed by atoms with E-state index in [1.165, 1.54) is 15.1 Å². The summed E-state index contributed by atoms with van der Waals surface area (Å²) in [6, 6.07) is 7.93. The van der Waals surface area contributed by atoms with Gasteiger partial charge in [0.2, 0.25) is 0 Å². The third kappa shape index (κ3) is 2.74. The fourth-order valence-corrected chi connectivity index (χ4v) is 4.74. The average Bonchev–Trinajstić information content (AvgIpc) is 2.90. The highest BCUT2D eigenvalue weighted by molar-refractivity contribution is 9.10. The Hall–Kier alpha value is -1.53. The van der Waals surface area contributed by atoms with Crippen LogP contribution in [0, 0.1) is 5.92 Å². The first kappa shape index (κ1) is 15.0. The summed E-state index contributed by atoms with van der Waals surface area (Å²) < 4.78 is 2.51. The first-order chi connectivity index (χ1) is 11.1. The molecule has 0 fully saturated rings. The minimum absolute atomic E-state index is 0.00929. The van der Waals surface area contributed by atoms with Crippen LogP contribution in [0.5, 0.6) is 0 Å². The normalized spacial score (nSPS) is 17.4. The molecule has 1 aliphatic rings. The Morgan fingerprint density at radius 1 is 1.35 bits per heavy atom. The van der Waals surface area contributed by atoms with E-state index in [0.29, 0.717) is 12.5 Å². The molecule has 0 N–H and O–H groups in total. The minimum atomic E-state index is -0.00929. The molecule has 3 aromatic rings. The van der Waals surface area contributed by atoms with Gasteiger partial charge in [0.1, 0.15) is 0 Å². The standard InChI is InChI=1S/C17H16BrN3OS/c1-10-2-7-13-14(8-10)23-16-15(13)17(22)21(20-19-16)9-11-3-5-12(18)6-4-11/h3-6,10H,2,7-9H2,1H3/t10-/m1/s1. The molecule has 0 amide bonds. The van der Waals surface area contributed by atoms with Gasteiger partial charge in [0.05, 0.1) is 11.9 Å². The molecule has 4 rings (SSSR count). The summed E-state index contributed by atoms with van der Waals surface area (Å²) in [6.07, 6.45) is 3.19. The van der Waals surface area contributed by atoms with Crippen LogP contribution < -0.4 is 5.56 Å². The second kappa shape index (κ2) is 5.83. The van der Waals surface area contributed by atoms with E-state index in [1.54, 1.807) is 11.3 Å². The summed E-state index contributed by atoms with van der Waals surface area (Å²) in [5.74, 6) is 0.688. The number of thiophene rings is 1. The summed E-state index contributed by atoms with van der Waals surface area (Å²) in [6.45, 7) is 2.72. The van der Waals surface area contributed by atoms with Crippen molar-refractivity contribution in [2.75, 3.05) is 0 Å². The van der Waals surface area contributed by atoms with Gasteiger partial charge in [0.25, 0.3) is 5.56 Å². The monoisotopic (exact) mass is 389 g/mol. The SMILES string of the molecule is C[C@@H]1CCc2c(sc3nnn(Cc4ccc(Br)cc4)c(=O)c23)C1. The van der Waals surface area contributed by atoms with Crippen molar-refractivity contribution in [2.24, 2.45) is 5.92 Å². The van der Waals surface area contributed by atoms with E-state index in [4.69, 9.17) is 0 Å². The molecule has 1 aromatic carbocycles. The molecule has 0 spiro atoms. The Morgan fingerprint density at radius 2 is 2.13 bits per heavy atom. The minimum Gasteiger partial charge on any atom is -0.267 e. The summed E-state index contributed by atoms with van der Waals surface area (Å²) in [4.78, 5) is 15.0. The first-order valence-corrected chi connectivity index (χ1v) is 9.35. The van der Waals surface area contributed by atoms with E-state index in [0.717, 1.165) is 39.5 Å². The number of aromatic nitrogens is 3. The first-order valence-electron chi connectivity index (χ1n) is 7.74. The van der Waals surface area contributed by atoms with Crippen molar-refractivity contribution < 1.29 is 0 Å². The molecule has 1 atom stereocenters. The molecular weight excluding hydrogens is 374 g/mol. The molecule has 0 saturated carbocycles. The largest absolute Gasteiger partial charge is 0.279 e. The van der Waals surface area contributed by atoms with Crippen LogP contribution in [-0.4, -0.2) is 15.0 Å². The van der Waals surface area contributed by atoms with Gasteiger partial charge in [0.15, 0.2) is 4.83 Å². The zero-order chi connectivity index (χ0) is 16.0. The van der Waals surface area contributed by atoms with Crippen molar-refractivity contribution in [1.82, 2.24) is 15.0 Å². The van der Waals surface area contributed by atoms with Gasteiger partial charge < -0.3 is 0 Å². The molecule has 2 aromatic heterocycles. The van der Waals surface area contributed by atoms with Gasteiger partial charge >= 0.3 is 0 Å². The van der Waals surface area contributed by atoms with Crippen LogP contribution in [0.2, 0.25) is 0 Å². The molecule has 0 aliphatic heterocycles. The smallest absolute Gasteiger partial charge is 0.267 e. The van der Waals surface area contributed by atoms with Crippen molar-refractivity contribution in [3.63, 3.8) is 0 Å². The van der Waals surface area contributed by atoms with E-state index >= 15 is 0 Å². The highest BCUT2D eigenvalue weighted by Gasteiger charge is 2.23. The molecule has 2 heterocycles. The summed E-state index contributed by atoms with van der Waals surface area (Å²) in [7, 11) is 0. The summed E-state index contributed by atoms with van der Waals surface area (Å²) >= 11 is 5.07. The Morgan fingerprint density at radius 3 is 2.91 bits per heavy atom. The number of nitrogens with zero attached hydrogens (tertiary/aromatic N) is 3. The fraction of sp³-hybridized carbons (Fsp3) is 0.353. The number of hydrogen-bond acceptors (Lipinski definition) is 4. The van der Waals surface area contributed by atoms with Crippen LogP contribution in [0.3, 0.4) is 0 Å². The lowest BCUT2D eigenvalue weighted by Gasteiger charge is -2.17. The third-order valence-electron chi connectivity index (χ3n) is 4.43. The van der Waals surface area contributed by atoms with Crippen molar-refractivity contribution >= 4 is 37.5 Å². The molecule has 0 saturated heterocycles. The Bertz CT molecular complexity index is 929. The fourth-order valence-electron chi connectivity index (χ4n) is 3.16. The lowest BCUT2D eigenvalue weighted by atomic mass is 9.89. The zero-order valence-electron chi connectivity index (χ0n) is 12.8. The van der Waals surface area contributed by atoms with Crippen molar-refractivity contribution in [1.29, 1.82) is 0 Å². The Labute approximate surface area is 146 Å². The third-order valence-corrected chi connectivity index (χ3v) is 6.10. The van der Waals surface area contributed by atoms with Crippen LogP contribution >= 0.6 is 27.3 Å². The van der Waals surface area contributed by atoms with Crippen LogP contribution in [0.4, 0.5) is 0 Å². The predicted molar refractivity (Wildman–Crippen MR) is 96.1 cm³/mol. The second-order valence-corrected chi connectivity index (χ2v) is 8.21. The lowest BCUT2D eigenvalue weighted by molar-refractivity contribution is 0.508. The molecule has 118 valence electrons. The van der Waals surface area contributed by atoms with E-state index in [1.807, 2.05) is 24.3 Å². The second-order valence-electron chi connectivity index (χ2n) is 6.21. The maximum absolute atomic E-state index is 12.9. The number of benzene rings is 1. The maximum Gasteiger partial charge on any atom is 0.279 e. The van der Waals surface area contributed by atoms with E-state index in [9.17, 15) is 4.79 Å². The van der Waals surface area contributed by atoms with Gasteiger partial charge in [-0.1, -0.05) is 40.2 Å². The van der Waals surface area contributed by atoms with Crippen molar-refractivity contribution in [3.05, 3.63) is 55.1 Å². The van der Waals surface area contributed by atoms with Gasteiger partial charge in [-0.25, -0.2) is 4.68 Å². The van der Waals surface area contributed by atoms with E-state index in [-0.39, 0.29) is 5.56 Å². The van der Waals surface area contributed by atoms with Crippen molar-refractivity contribution in [3.8, 4) is 0 Å². The topological polar surface area (TPSA) is 47.8 Å². The molecule has 0 unspecified atom stereocenters. The van der Waals surface area contributed by atoms with Gasteiger partial charge in [0, 0.05) is 9.35 Å². The zero-order valence-corrected chi connectivity index (χ0v) is 15.2. The molecule has 4 nitrogen and oxygen atoms in total. The van der Waals surface area contributed by atoms with Gasteiger partial charge in [-0.2, -0.15) is 0 Å². The highest BCUT2D eigenvalue weighted by atomic mass is 79.9. The molecule has 6 heteroatoms. The maximum atomic E-state index is 12.9. The van der Waals surface area contributed by atoms with Gasteiger partial charge in [-0.3, -0.25) is 4.79 Å². The molecule has 1 aliphatic carbocycles. The summed E-state index contributed by atoms with van der Waals surface area (Å²) in [5, 5.41) is 9.24. The number of halogens is 1. The molecular formula is C17H16BrN3OS.